The van der Waals surface area contributed by atoms with Gasteiger partial charge in [0.05, 0.1) is 6.61 Å². The molecule has 1 aromatic heterocycles. The average Bonchev–Trinajstić information content (AvgIpc) is 2.30. The second-order valence-corrected chi connectivity index (χ2v) is 3.36. The number of aromatic nitrogens is 1. The molecule has 0 aromatic carbocycles. The normalized spacial score (nSPS) is 10.1. The molecule has 1 N–H and O–H groups in total. The van der Waals surface area contributed by atoms with E-state index in [1.54, 1.807) is 19.4 Å². The molecule has 0 aliphatic rings. The van der Waals surface area contributed by atoms with Gasteiger partial charge in [-0.25, -0.2) is 0 Å². The average molecular weight is 245 g/mol. The van der Waals surface area contributed by atoms with Crippen molar-refractivity contribution in [1.82, 2.24) is 4.57 Å². The van der Waals surface area contributed by atoms with Crippen LogP contribution in [0.2, 0.25) is 0 Å². The Labute approximate surface area is 98.0 Å². The molecule has 0 aliphatic heterocycles. The summed E-state index contributed by atoms with van der Waals surface area (Å²) in [5.74, 6) is -0.574. The zero-order valence-corrected chi connectivity index (χ0v) is 9.66. The Hall–Kier alpha value is -1.33. The van der Waals surface area contributed by atoms with Crippen molar-refractivity contribution in [3.05, 3.63) is 28.7 Å². The van der Waals surface area contributed by atoms with Crippen LogP contribution in [0.5, 0.6) is 0 Å². The first kappa shape index (κ1) is 12.7. The van der Waals surface area contributed by atoms with Gasteiger partial charge >= 0.3 is 0 Å². The van der Waals surface area contributed by atoms with Crippen LogP contribution < -0.4 is 10.9 Å². The number of nitrogens with one attached hydrogen (secondary N) is 1. The first-order chi connectivity index (χ1) is 7.69. The maximum Gasteiger partial charge on any atom is 0.274 e. The number of rotatable bonds is 5. The number of pyridine rings is 1. The maximum atomic E-state index is 11.8. The van der Waals surface area contributed by atoms with Gasteiger partial charge in [0, 0.05) is 19.9 Å². The summed E-state index contributed by atoms with van der Waals surface area (Å²) in [6.45, 7) is 0.882. The lowest BCUT2D eigenvalue weighted by atomic mass is 10.4. The number of ether oxygens (including phenoxy) is 1. The lowest BCUT2D eigenvalue weighted by molar-refractivity contribution is -0.113. The van der Waals surface area contributed by atoms with E-state index in [2.05, 4.69) is 5.32 Å². The van der Waals surface area contributed by atoms with Crippen molar-refractivity contribution in [2.24, 2.45) is 0 Å². The molecule has 0 spiro atoms. The van der Waals surface area contributed by atoms with Gasteiger partial charge in [-0.15, -0.1) is 11.6 Å². The highest BCUT2D eigenvalue weighted by Gasteiger charge is 2.05. The number of carbonyl (C=O) groups excluding carboxylic acids is 1. The molecule has 0 unspecified atom stereocenters. The molecule has 0 aliphatic carbocycles. The minimum absolute atomic E-state index is 0.174. The summed E-state index contributed by atoms with van der Waals surface area (Å²) >= 11 is 5.34. The molecule has 0 fully saturated rings. The molecule has 0 bridgehead atoms. The van der Waals surface area contributed by atoms with E-state index in [4.69, 9.17) is 16.3 Å². The van der Waals surface area contributed by atoms with Crippen LogP contribution in [0, 0.1) is 0 Å². The number of hydrogen-bond donors (Lipinski definition) is 1. The van der Waals surface area contributed by atoms with Crippen molar-refractivity contribution in [3.63, 3.8) is 0 Å². The molecule has 1 amide bonds. The number of nitrogens with zero attached hydrogens (tertiary/aromatic N) is 1. The predicted molar refractivity (Wildman–Crippen MR) is 61.9 cm³/mol. The molecule has 16 heavy (non-hydrogen) atoms. The lowest BCUT2D eigenvalue weighted by Crippen LogP contribution is -2.26. The standard InChI is InChI=1S/C10H13ClN2O3/c1-16-6-5-13-4-2-3-8(10(13)15)12-9(14)7-11/h2-4H,5-7H2,1H3,(H,12,14). The third-order valence-corrected chi connectivity index (χ3v) is 2.19. The van der Waals surface area contributed by atoms with Crippen molar-refractivity contribution in [2.75, 3.05) is 24.9 Å². The van der Waals surface area contributed by atoms with Crippen molar-refractivity contribution in [3.8, 4) is 0 Å². The highest BCUT2D eigenvalue weighted by atomic mass is 35.5. The summed E-state index contributed by atoms with van der Waals surface area (Å²) in [5, 5.41) is 2.43. The summed E-state index contributed by atoms with van der Waals surface area (Å²) < 4.78 is 6.34. The highest BCUT2D eigenvalue weighted by molar-refractivity contribution is 6.29. The van der Waals surface area contributed by atoms with Gasteiger partial charge < -0.3 is 14.6 Å². The van der Waals surface area contributed by atoms with Gasteiger partial charge in [-0.05, 0) is 12.1 Å². The Kier molecular flexibility index (Phi) is 5.01. The second-order valence-electron chi connectivity index (χ2n) is 3.10. The van der Waals surface area contributed by atoms with Gasteiger partial charge in [0.1, 0.15) is 11.6 Å². The van der Waals surface area contributed by atoms with Crippen molar-refractivity contribution in [2.45, 2.75) is 6.54 Å². The third-order valence-electron chi connectivity index (χ3n) is 1.95. The fourth-order valence-electron chi connectivity index (χ4n) is 1.18. The van der Waals surface area contributed by atoms with Gasteiger partial charge in [-0.3, -0.25) is 9.59 Å². The van der Waals surface area contributed by atoms with E-state index in [-0.39, 0.29) is 17.1 Å². The zero-order chi connectivity index (χ0) is 12.0. The molecule has 0 saturated carbocycles. The van der Waals surface area contributed by atoms with Crippen LogP contribution in [0.4, 0.5) is 5.69 Å². The quantitative estimate of drug-likeness (QED) is 0.775. The molecule has 0 atom stereocenters. The molecule has 1 aromatic rings. The Balaban J connectivity index is 2.86. The van der Waals surface area contributed by atoms with Crippen molar-refractivity contribution >= 4 is 23.2 Å². The zero-order valence-electron chi connectivity index (χ0n) is 8.90. The molecule has 88 valence electrons. The molecule has 6 heteroatoms. The summed E-state index contributed by atoms with van der Waals surface area (Å²) in [7, 11) is 1.56. The molecule has 1 heterocycles. The van der Waals surface area contributed by atoms with Crippen LogP contribution in [0.15, 0.2) is 23.1 Å². The minimum atomic E-state index is -0.400. The Morgan fingerprint density at radius 1 is 1.62 bits per heavy atom. The van der Waals surface area contributed by atoms with Crippen LogP contribution in [-0.2, 0) is 16.1 Å². The van der Waals surface area contributed by atoms with Crippen LogP contribution in [0.1, 0.15) is 0 Å². The number of alkyl halides is 1. The van der Waals surface area contributed by atoms with E-state index >= 15 is 0 Å². The molecule has 5 nitrogen and oxygen atoms in total. The van der Waals surface area contributed by atoms with E-state index in [1.807, 2.05) is 0 Å². The highest BCUT2D eigenvalue weighted by Crippen LogP contribution is 1.99. The lowest BCUT2D eigenvalue weighted by Gasteiger charge is -2.07. The van der Waals surface area contributed by atoms with E-state index < -0.39 is 5.91 Å². The van der Waals surface area contributed by atoms with E-state index in [9.17, 15) is 9.59 Å². The fraction of sp³-hybridized carbons (Fsp3) is 0.400. The van der Waals surface area contributed by atoms with Crippen LogP contribution in [0.3, 0.4) is 0 Å². The summed E-state index contributed by atoms with van der Waals surface area (Å²) in [6, 6.07) is 3.22. The third kappa shape index (κ3) is 3.36. The minimum Gasteiger partial charge on any atom is -0.383 e. The van der Waals surface area contributed by atoms with E-state index in [0.29, 0.717) is 13.2 Å². The van der Waals surface area contributed by atoms with Crippen molar-refractivity contribution < 1.29 is 9.53 Å². The smallest absolute Gasteiger partial charge is 0.274 e. The Morgan fingerprint density at radius 2 is 2.38 bits per heavy atom. The number of hydrogen-bond acceptors (Lipinski definition) is 3. The first-order valence-corrected chi connectivity index (χ1v) is 5.26. The number of amides is 1. The molecular weight excluding hydrogens is 232 g/mol. The van der Waals surface area contributed by atoms with E-state index in [0.717, 1.165) is 0 Å². The van der Waals surface area contributed by atoms with Crippen LogP contribution in [-0.4, -0.2) is 30.1 Å². The second kappa shape index (κ2) is 6.30. The molecule has 0 radical (unpaired) electrons. The number of methoxy groups -OCH3 is 1. The van der Waals surface area contributed by atoms with Crippen LogP contribution >= 0.6 is 11.6 Å². The predicted octanol–water partition coefficient (Wildman–Crippen LogP) is 0.672. The summed E-state index contributed by atoms with van der Waals surface area (Å²) in [5.41, 5.74) is -0.0396. The maximum absolute atomic E-state index is 11.8. The summed E-state index contributed by atoms with van der Waals surface area (Å²) in [4.78, 5) is 22.8. The topological polar surface area (TPSA) is 60.3 Å². The molecule has 1 rings (SSSR count). The van der Waals surface area contributed by atoms with Gasteiger partial charge in [-0.1, -0.05) is 0 Å². The van der Waals surface area contributed by atoms with Gasteiger partial charge in [-0.2, -0.15) is 0 Å². The molecule has 0 saturated heterocycles. The van der Waals surface area contributed by atoms with Crippen LogP contribution in [0.25, 0.3) is 0 Å². The number of halogens is 1. The Bertz CT molecular complexity index is 417. The summed E-state index contributed by atoms with van der Waals surface area (Å²) in [6.07, 6.45) is 1.64. The SMILES string of the molecule is COCCn1cccc(NC(=O)CCl)c1=O. The van der Waals surface area contributed by atoms with Gasteiger partial charge in [0.2, 0.25) is 5.91 Å². The monoisotopic (exact) mass is 244 g/mol. The fourth-order valence-corrected chi connectivity index (χ4v) is 1.25. The van der Waals surface area contributed by atoms with Crippen molar-refractivity contribution in [1.29, 1.82) is 0 Å². The first-order valence-electron chi connectivity index (χ1n) is 4.73. The number of anilines is 1. The molecular formula is C10H13ClN2O3. The van der Waals surface area contributed by atoms with E-state index in [1.165, 1.54) is 10.6 Å². The van der Waals surface area contributed by atoms with Gasteiger partial charge in [0.15, 0.2) is 0 Å². The number of carbonyl (C=O) groups is 1. The van der Waals surface area contributed by atoms with Gasteiger partial charge in [0.25, 0.3) is 5.56 Å². The largest absolute Gasteiger partial charge is 0.383 e. The Morgan fingerprint density at radius 3 is 3.00 bits per heavy atom.